The van der Waals surface area contributed by atoms with Crippen molar-refractivity contribution in [2.75, 3.05) is 31.0 Å². The molecule has 0 unspecified atom stereocenters. The van der Waals surface area contributed by atoms with Gasteiger partial charge >= 0.3 is 17.5 Å². The van der Waals surface area contributed by atoms with E-state index in [0.29, 0.717) is 27.6 Å². The number of pyridine rings is 1. The van der Waals surface area contributed by atoms with Crippen LogP contribution in [0, 0.1) is 0 Å². The summed E-state index contributed by atoms with van der Waals surface area (Å²) < 4.78 is 7.24. The fourth-order valence-electron chi connectivity index (χ4n) is 8.90. The van der Waals surface area contributed by atoms with Gasteiger partial charge in [-0.25, -0.2) is 14.6 Å². The molecule has 2 aromatic heterocycles. The van der Waals surface area contributed by atoms with Gasteiger partial charge in [0.05, 0.1) is 7.11 Å². The fourth-order valence-corrected chi connectivity index (χ4v) is 12.0. The number of carboxylic acids is 1. The summed E-state index contributed by atoms with van der Waals surface area (Å²) >= 11 is 4.06. The second-order valence-electron chi connectivity index (χ2n) is 15.9. The Morgan fingerprint density at radius 1 is 0.783 bits per heavy atom. The van der Waals surface area contributed by atoms with Crippen molar-refractivity contribution in [1.29, 1.82) is 0 Å². The van der Waals surface area contributed by atoms with Gasteiger partial charge in [0.25, 0.3) is 11.8 Å². The van der Waals surface area contributed by atoms with Crippen molar-refractivity contribution in [1.82, 2.24) is 15.2 Å². The average Bonchev–Trinajstić information content (AvgIpc) is 3.87. The molecule has 346 valence electrons. The number of nitrogens with zero attached hydrogens (tertiary/aromatic N) is 4. The van der Waals surface area contributed by atoms with E-state index in [1.165, 1.54) is 54.0 Å². The molecule has 0 radical (unpaired) electrons. The highest BCUT2D eigenvalue weighted by molar-refractivity contribution is 8.01. The summed E-state index contributed by atoms with van der Waals surface area (Å²) in [6.45, 7) is 0. The lowest BCUT2D eigenvalue weighted by atomic mass is 9.77. The van der Waals surface area contributed by atoms with Crippen molar-refractivity contribution in [2.45, 2.75) is 27.4 Å². The number of oxime groups is 1. The number of thiazole rings is 1. The number of amides is 2. The van der Waals surface area contributed by atoms with Crippen LogP contribution in [0.15, 0.2) is 203 Å². The number of thioether (sulfide) groups is 2. The van der Waals surface area contributed by atoms with Gasteiger partial charge in [-0.05, 0) is 22.3 Å². The van der Waals surface area contributed by atoms with Crippen LogP contribution >= 0.6 is 34.9 Å². The summed E-state index contributed by atoms with van der Waals surface area (Å²) in [7, 11) is 2.69. The van der Waals surface area contributed by atoms with Gasteiger partial charge in [0.1, 0.15) is 35.5 Å². The predicted octanol–water partition coefficient (Wildman–Crippen LogP) is 7.68. The molecule has 0 saturated carbocycles. The summed E-state index contributed by atoms with van der Waals surface area (Å²) in [5.74, 6) is -2.39. The highest BCUT2D eigenvalue weighted by Gasteiger charge is 2.55. The Balaban J connectivity index is 0.917. The Morgan fingerprint density at radius 2 is 1.29 bits per heavy atom. The summed E-state index contributed by atoms with van der Waals surface area (Å²) in [5, 5.41) is 22.6. The zero-order chi connectivity index (χ0) is 48.0. The molecule has 3 N–H and O–H groups in total. The monoisotopic (exact) mass is 973 g/mol. The van der Waals surface area contributed by atoms with E-state index in [-0.39, 0.29) is 22.9 Å². The summed E-state index contributed by atoms with van der Waals surface area (Å²) in [5.41, 5.74) is 2.66. The first-order valence-electron chi connectivity index (χ1n) is 21.8. The number of hydrogen-bond acceptors (Lipinski definition) is 12. The first-order chi connectivity index (χ1) is 33.7. The van der Waals surface area contributed by atoms with Crippen molar-refractivity contribution in [3.05, 3.63) is 226 Å². The van der Waals surface area contributed by atoms with Crippen LogP contribution in [-0.4, -0.2) is 81.6 Å². The molecule has 2 amide bonds. The van der Waals surface area contributed by atoms with Crippen LogP contribution in [-0.2, 0) is 39.8 Å². The molecule has 2 atom stereocenters. The molecule has 2 aliphatic rings. The van der Waals surface area contributed by atoms with Gasteiger partial charge in [-0.3, -0.25) is 14.5 Å². The number of carboxylic acid groups (broad SMARTS) is 1. The minimum atomic E-state index is -1.32. The first-order valence-corrected chi connectivity index (χ1v) is 24.7. The lowest BCUT2D eigenvalue weighted by molar-refractivity contribution is -0.731. The molecule has 4 heterocycles. The topological polar surface area (TPSA) is 163 Å². The molecule has 0 spiro atoms. The number of methoxy groups -OCH3 is 1. The van der Waals surface area contributed by atoms with Gasteiger partial charge < -0.3 is 25.3 Å². The number of anilines is 1. The minimum absolute atomic E-state index is 0.106. The van der Waals surface area contributed by atoms with Gasteiger partial charge in [-0.2, -0.15) is 4.57 Å². The number of ether oxygens (including phenoxy) is 1. The smallest absolute Gasteiger partial charge is 0.388 e. The van der Waals surface area contributed by atoms with Crippen LogP contribution in [0.25, 0.3) is 0 Å². The minimum Gasteiger partial charge on any atom is -0.477 e. The number of fused-ring (bicyclic) bond motifs is 1. The maximum absolute atomic E-state index is 14.0. The number of esters is 1. The molecule has 9 rings (SSSR count). The molecular weight excluding hydrogens is 929 g/mol. The SMILES string of the molecule is CO/N=C(\C(=O)N[C@@H]1C(=O)N2C(C(=O)O)=C(CSc3cc[n+](C(C(=O)OC)(c4ccccc4)c4ccccc4)cc3)CS[C@H]12)c1csc(NC(c2ccccc2)(c2ccccc2)c2ccccc2)n1. The number of β-lactam (4-membered cyclic amide) rings is 1. The maximum atomic E-state index is 14.0. The Morgan fingerprint density at radius 3 is 1.77 bits per heavy atom. The number of carbonyl (C=O) groups excluding carboxylic acids is 3. The quantitative estimate of drug-likeness (QED) is 0.0156. The van der Waals surface area contributed by atoms with Crippen LogP contribution in [0.1, 0.15) is 33.5 Å². The number of carbonyl (C=O) groups is 4. The van der Waals surface area contributed by atoms with E-state index in [1.54, 1.807) is 17.8 Å². The standard InChI is InChI=1S/C53H44N6O7S3/c1-65-50(64)53(39-24-14-6-15-25-39,40-26-16-7-17-27-40)58-30-28-41(29-31-58)67-32-35-33-68-48-44(47(61)59(48)45(35)49(62)63)55-46(60)43(57-66-2)42-34-69-51(54-42)56-52(36-18-8-3-9-19-36,37-20-10-4-11-21-37)38-22-12-5-13-23-38/h3-31,34,44,48H,32-33H2,1-2H3,(H2-,54,55,56,60,62,63)/p+1/b57-43-/t44-,48-/m1/s1. The fraction of sp³-hybridized carbons (Fsp3) is 0.151. The lowest BCUT2D eigenvalue weighted by Gasteiger charge is -2.49. The predicted molar refractivity (Wildman–Crippen MR) is 267 cm³/mol. The van der Waals surface area contributed by atoms with Crippen LogP contribution in [0.4, 0.5) is 5.13 Å². The molecule has 0 aliphatic carbocycles. The lowest BCUT2D eigenvalue weighted by Crippen LogP contribution is -2.71. The van der Waals surface area contributed by atoms with E-state index in [4.69, 9.17) is 14.6 Å². The normalized spacial score (nSPS) is 15.9. The van der Waals surface area contributed by atoms with E-state index in [0.717, 1.165) is 21.6 Å². The third-order valence-corrected chi connectivity index (χ3v) is 15.3. The first kappa shape index (κ1) is 46.6. The third kappa shape index (κ3) is 8.78. The Bertz CT molecular complexity index is 2900. The van der Waals surface area contributed by atoms with Crippen molar-refractivity contribution >= 4 is 69.5 Å². The molecule has 16 heteroatoms. The largest absolute Gasteiger partial charge is 0.477 e. The van der Waals surface area contributed by atoms with Crippen LogP contribution < -0.4 is 15.2 Å². The van der Waals surface area contributed by atoms with Crippen molar-refractivity contribution in [2.24, 2.45) is 5.16 Å². The zero-order valence-electron chi connectivity index (χ0n) is 37.3. The summed E-state index contributed by atoms with van der Waals surface area (Å²) in [6.07, 6.45) is 3.61. The average molecular weight is 974 g/mol. The van der Waals surface area contributed by atoms with Crippen molar-refractivity contribution < 1.29 is 38.4 Å². The molecular formula is C53H45N6O7S3+. The highest BCUT2D eigenvalue weighted by atomic mass is 32.2. The number of aliphatic carboxylic acids is 1. The molecule has 5 aromatic carbocycles. The molecule has 2 aliphatic heterocycles. The van der Waals surface area contributed by atoms with Crippen molar-refractivity contribution in [3.8, 4) is 0 Å². The number of hydrogen-bond donors (Lipinski definition) is 3. The van der Waals surface area contributed by atoms with Gasteiger partial charge in [0.15, 0.2) is 23.2 Å². The summed E-state index contributed by atoms with van der Waals surface area (Å²) in [4.78, 5) is 66.6. The maximum Gasteiger partial charge on any atom is 0.388 e. The highest BCUT2D eigenvalue weighted by Crippen LogP contribution is 2.43. The van der Waals surface area contributed by atoms with Gasteiger partial charge in [0, 0.05) is 45.0 Å². The van der Waals surface area contributed by atoms with E-state index in [1.807, 2.05) is 132 Å². The molecule has 1 fully saturated rings. The van der Waals surface area contributed by atoms with Gasteiger partial charge in [-0.1, -0.05) is 157 Å². The number of aromatic nitrogens is 2. The molecule has 13 nitrogen and oxygen atoms in total. The van der Waals surface area contributed by atoms with Crippen molar-refractivity contribution in [3.63, 3.8) is 0 Å². The van der Waals surface area contributed by atoms with E-state index >= 15 is 0 Å². The number of nitrogens with one attached hydrogen (secondary N) is 2. The summed E-state index contributed by atoms with van der Waals surface area (Å²) in [6, 6.07) is 51.6. The zero-order valence-corrected chi connectivity index (χ0v) is 39.7. The van der Waals surface area contributed by atoms with Crippen LogP contribution in [0.2, 0.25) is 0 Å². The van der Waals surface area contributed by atoms with Crippen LogP contribution in [0.5, 0.6) is 0 Å². The van der Waals surface area contributed by atoms with E-state index < -0.39 is 46.2 Å². The second kappa shape index (κ2) is 20.4. The Kier molecular flexibility index (Phi) is 13.7. The van der Waals surface area contributed by atoms with Gasteiger partial charge in [0.2, 0.25) is 0 Å². The van der Waals surface area contributed by atoms with Gasteiger partial charge in [-0.15, -0.1) is 34.9 Å². The van der Waals surface area contributed by atoms with E-state index in [9.17, 15) is 24.3 Å². The second-order valence-corrected chi connectivity index (χ2v) is 18.9. The molecule has 7 aromatic rings. The number of rotatable bonds is 17. The third-order valence-electron chi connectivity index (χ3n) is 12.1. The van der Waals surface area contributed by atoms with Crippen LogP contribution in [0.3, 0.4) is 0 Å². The number of benzene rings is 5. The Hall–Kier alpha value is -7.53. The molecule has 1 saturated heterocycles. The molecule has 69 heavy (non-hydrogen) atoms. The van der Waals surface area contributed by atoms with E-state index in [2.05, 4.69) is 52.2 Å². The molecule has 0 bridgehead atoms. The Labute approximate surface area is 410 Å².